The molecule has 0 fully saturated rings. The fourth-order valence-electron chi connectivity index (χ4n) is 1.58. The summed E-state index contributed by atoms with van der Waals surface area (Å²) in [7, 11) is 2.22. The van der Waals surface area contributed by atoms with Crippen LogP contribution >= 0.6 is 15.9 Å². The van der Waals surface area contributed by atoms with Gasteiger partial charge in [0.1, 0.15) is 0 Å². The largest absolute Gasteiger partial charge is 0.190 e. The molecule has 0 spiro atoms. The third-order valence-corrected chi connectivity index (χ3v) is 2.77. The van der Waals surface area contributed by atoms with Gasteiger partial charge in [-0.05, 0) is 22.9 Å². The minimum absolute atomic E-state index is 1.16. The topological polar surface area (TPSA) is 0 Å². The average molecular weight is 216 g/mol. The summed E-state index contributed by atoms with van der Waals surface area (Å²) in [5, 5.41) is 2.69. The standard InChI is InChI=1S/C10H5BBr/c12-7-3-1-6-2-4-9-10(11-9)8(6)5-7/h1-5H. The van der Waals surface area contributed by atoms with Crippen molar-refractivity contribution in [2.75, 3.05) is 0 Å². The van der Waals surface area contributed by atoms with Crippen molar-refractivity contribution in [2.24, 2.45) is 0 Å². The van der Waals surface area contributed by atoms with Crippen molar-refractivity contribution in [3.05, 3.63) is 34.8 Å². The summed E-state index contributed by atoms with van der Waals surface area (Å²) in [4.78, 5) is 0. The molecular formula is C10H5BBr. The molecule has 0 nitrogen and oxygen atoms in total. The van der Waals surface area contributed by atoms with Crippen LogP contribution in [0.3, 0.4) is 0 Å². The molecule has 2 aromatic rings. The maximum Gasteiger partial charge on any atom is 0.190 e. The van der Waals surface area contributed by atoms with Crippen molar-refractivity contribution in [3.63, 3.8) is 0 Å². The lowest BCUT2D eigenvalue weighted by molar-refractivity contribution is 1.74. The molecule has 0 unspecified atom stereocenters. The van der Waals surface area contributed by atoms with Crippen LogP contribution in [0.1, 0.15) is 0 Å². The monoisotopic (exact) mass is 215 g/mol. The summed E-state index contributed by atoms with van der Waals surface area (Å²) >= 11 is 3.48. The Hall–Kier alpha value is -0.755. The zero-order valence-corrected chi connectivity index (χ0v) is 7.93. The van der Waals surface area contributed by atoms with Crippen LogP contribution in [-0.2, 0) is 0 Å². The molecule has 12 heavy (non-hydrogen) atoms. The summed E-state index contributed by atoms with van der Waals surface area (Å²) in [5.41, 5.74) is 2.80. The Morgan fingerprint density at radius 3 is 2.83 bits per heavy atom. The zero-order chi connectivity index (χ0) is 8.13. The van der Waals surface area contributed by atoms with Gasteiger partial charge in [-0.2, -0.15) is 0 Å². The summed E-state index contributed by atoms with van der Waals surface area (Å²) in [6.45, 7) is 0. The molecule has 2 heteroatoms. The van der Waals surface area contributed by atoms with E-state index in [9.17, 15) is 0 Å². The molecule has 1 radical (unpaired) electrons. The summed E-state index contributed by atoms with van der Waals surface area (Å²) in [6, 6.07) is 10.7. The number of hydrogen-bond acceptors (Lipinski definition) is 0. The van der Waals surface area contributed by atoms with E-state index in [0.717, 1.165) is 4.47 Å². The van der Waals surface area contributed by atoms with Gasteiger partial charge in [-0.15, -0.1) is 0 Å². The van der Waals surface area contributed by atoms with E-state index in [1.165, 1.54) is 21.7 Å². The molecule has 1 aliphatic heterocycles. The second-order valence-electron chi connectivity index (χ2n) is 3.08. The van der Waals surface area contributed by atoms with Crippen molar-refractivity contribution in [2.45, 2.75) is 0 Å². The molecule has 0 atom stereocenters. The van der Waals surface area contributed by atoms with Crippen LogP contribution in [0, 0.1) is 0 Å². The van der Waals surface area contributed by atoms with E-state index < -0.39 is 0 Å². The van der Waals surface area contributed by atoms with Crippen LogP contribution in [-0.4, -0.2) is 7.28 Å². The molecule has 1 aliphatic rings. The summed E-state index contributed by atoms with van der Waals surface area (Å²) in [6.07, 6.45) is 0. The SMILES string of the molecule is Brc1ccc2ccc3c(c2c1)[B]3. The van der Waals surface area contributed by atoms with Gasteiger partial charge in [0, 0.05) is 4.47 Å². The smallest absolute Gasteiger partial charge is 0.0865 e. The second kappa shape index (κ2) is 2.14. The first kappa shape index (κ1) is 6.73. The Labute approximate surface area is 80.0 Å². The normalized spacial score (nSPS) is 12.4. The minimum Gasteiger partial charge on any atom is -0.0865 e. The highest BCUT2D eigenvalue weighted by atomic mass is 79.9. The van der Waals surface area contributed by atoms with Crippen molar-refractivity contribution in [1.29, 1.82) is 0 Å². The molecule has 0 saturated heterocycles. The van der Waals surface area contributed by atoms with Gasteiger partial charge in [0.05, 0.1) is 0 Å². The van der Waals surface area contributed by atoms with Gasteiger partial charge in [-0.25, -0.2) is 0 Å². The van der Waals surface area contributed by atoms with Crippen molar-refractivity contribution >= 4 is 44.9 Å². The van der Waals surface area contributed by atoms with Gasteiger partial charge in [-0.3, -0.25) is 0 Å². The van der Waals surface area contributed by atoms with Crippen molar-refractivity contribution in [3.8, 4) is 0 Å². The Morgan fingerprint density at radius 1 is 1.08 bits per heavy atom. The van der Waals surface area contributed by atoms with Gasteiger partial charge in [0.2, 0.25) is 0 Å². The molecule has 0 amide bonds. The molecule has 0 aromatic heterocycles. The quantitative estimate of drug-likeness (QED) is 0.500. The van der Waals surface area contributed by atoms with Crippen LogP contribution in [0.5, 0.6) is 0 Å². The molecule has 3 rings (SSSR count). The summed E-state index contributed by atoms with van der Waals surface area (Å²) < 4.78 is 1.16. The number of halogens is 1. The van der Waals surface area contributed by atoms with Crippen LogP contribution in [0.4, 0.5) is 0 Å². The number of hydrogen-bond donors (Lipinski definition) is 0. The third-order valence-electron chi connectivity index (χ3n) is 2.28. The van der Waals surface area contributed by atoms with Crippen LogP contribution < -0.4 is 10.9 Å². The molecule has 55 valence electrons. The maximum atomic E-state index is 3.48. The maximum absolute atomic E-state index is 3.48. The van der Waals surface area contributed by atoms with Crippen LogP contribution in [0.25, 0.3) is 10.8 Å². The van der Waals surface area contributed by atoms with Crippen molar-refractivity contribution in [1.82, 2.24) is 0 Å². The second-order valence-corrected chi connectivity index (χ2v) is 3.99. The van der Waals surface area contributed by atoms with Crippen LogP contribution in [0.15, 0.2) is 34.8 Å². The molecule has 0 saturated carbocycles. The highest BCUT2D eigenvalue weighted by Gasteiger charge is 2.20. The van der Waals surface area contributed by atoms with Crippen LogP contribution in [0.2, 0.25) is 0 Å². The predicted octanol–water partition coefficient (Wildman–Crippen LogP) is 1.57. The van der Waals surface area contributed by atoms with E-state index in [4.69, 9.17) is 0 Å². The van der Waals surface area contributed by atoms with Gasteiger partial charge in [-0.1, -0.05) is 45.1 Å². The first-order chi connectivity index (χ1) is 5.84. The predicted molar refractivity (Wildman–Crippen MR) is 56.7 cm³/mol. The van der Waals surface area contributed by atoms with E-state index in [1.807, 2.05) is 0 Å². The molecule has 1 heterocycles. The number of fused-ring (bicyclic) bond motifs is 3. The third kappa shape index (κ3) is 0.847. The Kier molecular flexibility index (Phi) is 1.20. The molecule has 0 N–H and O–H groups in total. The number of rotatable bonds is 0. The van der Waals surface area contributed by atoms with E-state index in [0.29, 0.717) is 0 Å². The summed E-state index contributed by atoms with van der Waals surface area (Å²) in [5.74, 6) is 0. The molecular weight excluding hydrogens is 211 g/mol. The van der Waals surface area contributed by atoms with Crippen molar-refractivity contribution < 1.29 is 0 Å². The van der Waals surface area contributed by atoms with Gasteiger partial charge in [0.25, 0.3) is 0 Å². The molecule has 2 aromatic carbocycles. The molecule has 0 aliphatic carbocycles. The fraction of sp³-hybridized carbons (Fsp3) is 0. The average Bonchev–Trinajstić information content (AvgIpc) is 2.82. The Bertz CT molecular complexity index is 476. The zero-order valence-electron chi connectivity index (χ0n) is 6.34. The van der Waals surface area contributed by atoms with Gasteiger partial charge < -0.3 is 0 Å². The van der Waals surface area contributed by atoms with E-state index >= 15 is 0 Å². The fourth-order valence-corrected chi connectivity index (χ4v) is 1.94. The first-order valence-electron chi connectivity index (χ1n) is 3.92. The first-order valence-corrected chi connectivity index (χ1v) is 4.71. The van der Waals surface area contributed by atoms with E-state index in [2.05, 4.69) is 53.5 Å². The highest BCUT2D eigenvalue weighted by molar-refractivity contribution is 9.10. The Morgan fingerprint density at radius 2 is 1.92 bits per heavy atom. The van der Waals surface area contributed by atoms with E-state index in [1.54, 1.807) is 0 Å². The lowest BCUT2D eigenvalue weighted by atomic mass is 9.97. The van der Waals surface area contributed by atoms with Gasteiger partial charge in [0.15, 0.2) is 7.28 Å². The van der Waals surface area contributed by atoms with Gasteiger partial charge >= 0.3 is 0 Å². The number of benzene rings is 2. The highest BCUT2D eigenvalue weighted by Crippen LogP contribution is 2.19. The molecule has 0 bridgehead atoms. The Balaban J connectivity index is 2.49. The minimum atomic E-state index is 1.16. The van der Waals surface area contributed by atoms with E-state index in [-0.39, 0.29) is 0 Å². The lowest BCUT2D eigenvalue weighted by Gasteiger charge is -1.96. The lowest BCUT2D eigenvalue weighted by Crippen LogP contribution is -1.90.